The lowest BCUT2D eigenvalue weighted by molar-refractivity contribution is -0.143. The van der Waals surface area contributed by atoms with Crippen LogP contribution in [0.15, 0.2) is 12.1 Å². The third kappa shape index (κ3) is 10.1. The van der Waals surface area contributed by atoms with Crippen molar-refractivity contribution < 1.29 is 19.4 Å². The van der Waals surface area contributed by atoms with Crippen molar-refractivity contribution in [2.24, 2.45) is 17.8 Å². The van der Waals surface area contributed by atoms with Crippen LogP contribution in [-0.2, 0) is 27.2 Å². The molecule has 1 aliphatic rings. The summed E-state index contributed by atoms with van der Waals surface area (Å²) in [5.74, 6) is 0.00107. The van der Waals surface area contributed by atoms with Crippen LogP contribution in [0, 0.1) is 17.8 Å². The lowest BCUT2D eigenvalue weighted by atomic mass is 9.84. The number of carboxylic acids is 1. The van der Waals surface area contributed by atoms with Crippen LogP contribution in [0.2, 0.25) is 0 Å². The molecule has 0 aromatic carbocycles. The molecule has 1 atom stereocenters. The van der Waals surface area contributed by atoms with E-state index >= 15 is 0 Å². The predicted octanol–water partition coefficient (Wildman–Crippen LogP) is 3.99. The van der Waals surface area contributed by atoms with Gasteiger partial charge >= 0.3 is 5.97 Å². The summed E-state index contributed by atoms with van der Waals surface area (Å²) < 4.78 is 5.55. The number of pyridine rings is 1. The van der Waals surface area contributed by atoms with Gasteiger partial charge in [0.05, 0.1) is 6.61 Å². The van der Waals surface area contributed by atoms with Crippen LogP contribution in [0.25, 0.3) is 0 Å². The van der Waals surface area contributed by atoms with E-state index in [1.807, 2.05) is 34.6 Å². The van der Waals surface area contributed by atoms with Crippen LogP contribution in [0.3, 0.4) is 0 Å². The van der Waals surface area contributed by atoms with Gasteiger partial charge in [0.2, 0.25) is 5.91 Å². The molecule has 36 heavy (non-hydrogen) atoms. The fraction of sp³-hybridized carbons (Fsp3) is 0.750. The highest BCUT2D eigenvalue weighted by Gasteiger charge is 2.29. The SMILES string of the molecule is CCOCCN(CCCCc1ccc2c(n1)NCCC2)CCC(NC(=O)C(C(C)C)C(C)C)C(=O)O. The van der Waals surface area contributed by atoms with Crippen molar-refractivity contribution in [3.8, 4) is 0 Å². The minimum Gasteiger partial charge on any atom is -0.480 e. The van der Waals surface area contributed by atoms with Gasteiger partial charge in [-0.2, -0.15) is 0 Å². The Morgan fingerprint density at radius 2 is 1.89 bits per heavy atom. The van der Waals surface area contributed by atoms with Crippen molar-refractivity contribution in [2.45, 2.75) is 79.2 Å². The summed E-state index contributed by atoms with van der Waals surface area (Å²) in [5.41, 5.74) is 2.42. The molecular weight excluding hydrogens is 456 g/mol. The van der Waals surface area contributed by atoms with Crippen molar-refractivity contribution in [2.75, 3.05) is 44.7 Å². The number of aliphatic carboxylic acids is 1. The number of ether oxygens (including phenoxy) is 1. The van der Waals surface area contributed by atoms with Gasteiger partial charge in [-0.25, -0.2) is 9.78 Å². The lowest BCUT2D eigenvalue weighted by Gasteiger charge is -2.27. The fourth-order valence-corrected chi connectivity index (χ4v) is 5.04. The summed E-state index contributed by atoms with van der Waals surface area (Å²) in [6.45, 7) is 14.5. The first-order valence-corrected chi connectivity index (χ1v) is 13.8. The number of aromatic nitrogens is 1. The summed E-state index contributed by atoms with van der Waals surface area (Å²) in [6, 6.07) is 3.45. The van der Waals surface area contributed by atoms with E-state index in [0.717, 1.165) is 63.3 Å². The molecule has 0 bridgehead atoms. The van der Waals surface area contributed by atoms with Gasteiger partial charge in [0.15, 0.2) is 0 Å². The number of unbranched alkanes of at least 4 members (excludes halogenated alkanes) is 1. The maximum absolute atomic E-state index is 12.8. The third-order valence-electron chi connectivity index (χ3n) is 6.95. The number of amides is 1. The number of nitrogens with zero attached hydrogens (tertiary/aromatic N) is 2. The normalized spacial score (nSPS) is 14.2. The average Bonchev–Trinajstić information content (AvgIpc) is 2.83. The summed E-state index contributed by atoms with van der Waals surface area (Å²) in [7, 11) is 0. The van der Waals surface area contributed by atoms with E-state index in [0.29, 0.717) is 26.2 Å². The van der Waals surface area contributed by atoms with E-state index < -0.39 is 12.0 Å². The van der Waals surface area contributed by atoms with Gasteiger partial charge in [0.25, 0.3) is 0 Å². The number of rotatable bonds is 17. The number of hydrogen-bond acceptors (Lipinski definition) is 6. The van der Waals surface area contributed by atoms with E-state index in [1.165, 1.54) is 5.56 Å². The van der Waals surface area contributed by atoms with E-state index in [-0.39, 0.29) is 23.7 Å². The second-order valence-electron chi connectivity index (χ2n) is 10.5. The molecule has 1 unspecified atom stereocenters. The Labute approximate surface area is 217 Å². The number of fused-ring (bicyclic) bond motifs is 1. The molecule has 1 amide bonds. The molecule has 0 saturated heterocycles. The van der Waals surface area contributed by atoms with Gasteiger partial charge in [0.1, 0.15) is 11.9 Å². The van der Waals surface area contributed by atoms with E-state index in [1.54, 1.807) is 0 Å². The van der Waals surface area contributed by atoms with Crippen molar-refractivity contribution in [1.82, 2.24) is 15.2 Å². The van der Waals surface area contributed by atoms with Crippen LogP contribution < -0.4 is 10.6 Å². The molecule has 0 spiro atoms. The maximum Gasteiger partial charge on any atom is 0.326 e. The van der Waals surface area contributed by atoms with Crippen LogP contribution in [-0.4, -0.2) is 72.3 Å². The Hall–Kier alpha value is -2.19. The highest BCUT2D eigenvalue weighted by atomic mass is 16.5. The van der Waals surface area contributed by atoms with Crippen LogP contribution in [0.4, 0.5) is 5.82 Å². The molecule has 0 fully saturated rings. The number of anilines is 1. The number of hydrogen-bond donors (Lipinski definition) is 3. The molecule has 3 N–H and O–H groups in total. The van der Waals surface area contributed by atoms with E-state index in [4.69, 9.17) is 9.72 Å². The Kier molecular flexibility index (Phi) is 13.2. The standard InChI is InChI=1S/C28H48N4O4/c1-6-36-19-18-32(16-8-7-11-23-13-12-22-10-9-15-29-26(22)30-23)17-14-24(28(34)35)31-27(33)25(20(2)3)21(4)5/h12-13,20-21,24-25H,6-11,14-19H2,1-5H3,(H,29,30)(H,31,33)(H,34,35). The number of carboxylic acid groups (broad SMARTS) is 1. The van der Waals surface area contributed by atoms with E-state index in [2.05, 4.69) is 27.7 Å². The zero-order valence-electron chi connectivity index (χ0n) is 23.0. The van der Waals surface area contributed by atoms with Crippen molar-refractivity contribution in [1.29, 1.82) is 0 Å². The van der Waals surface area contributed by atoms with Crippen molar-refractivity contribution in [3.63, 3.8) is 0 Å². The number of nitrogens with one attached hydrogen (secondary N) is 2. The Morgan fingerprint density at radius 1 is 1.14 bits per heavy atom. The van der Waals surface area contributed by atoms with Gasteiger partial charge in [-0.1, -0.05) is 33.8 Å². The van der Waals surface area contributed by atoms with Gasteiger partial charge < -0.3 is 25.4 Å². The first-order valence-electron chi connectivity index (χ1n) is 13.8. The summed E-state index contributed by atoms with van der Waals surface area (Å²) in [6.07, 6.45) is 5.56. The molecule has 1 aromatic heterocycles. The zero-order valence-corrected chi connectivity index (χ0v) is 23.0. The van der Waals surface area contributed by atoms with Crippen LogP contribution >= 0.6 is 0 Å². The quantitative estimate of drug-likeness (QED) is 0.276. The average molecular weight is 505 g/mol. The molecule has 8 nitrogen and oxygen atoms in total. The molecule has 0 radical (unpaired) electrons. The molecule has 204 valence electrons. The Balaban J connectivity index is 1.87. The highest BCUT2D eigenvalue weighted by molar-refractivity contribution is 5.85. The number of carbonyl (C=O) groups excluding carboxylic acids is 1. The van der Waals surface area contributed by atoms with Gasteiger partial charge in [-0.15, -0.1) is 0 Å². The summed E-state index contributed by atoms with van der Waals surface area (Å²) in [4.78, 5) is 31.8. The van der Waals surface area contributed by atoms with E-state index in [9.17, 15) is 14.7 Å². The number of aryl methyl sites for hydroxylation is 2. The van der Waals surface area contributed by atoms with Gasteiger partial charge in [-0.05, 0) is 75.5 Å². The molecule has 2 heterocycles. The number of carbonyl (C=O) groups is 2. The first-order chi connectivity index (χ1) is 17.2. The predicted molar refractivity (Wildman–Crippen MR) is 144 cm³/mol. The van der Waals surface area contributed by atoms with Crippen LogP contribution in [0.1, 0.15) is 71.6 Å². The molecule has 0 aliphatic carbocycles. The van der Waals surface area contributed by atoms with Crippen LogP contribution in [0.5, 0.6) is 0 Å². The molecule has 1 aromatic rings. The second kappa shape index (κ2) is 15.8. The monoisotopic (exact) mass is 504 g/mol. The maximum atomic E-state index is 12.8. The lowest BCUT2D eigenvalue weighted by Crippen LogP contribution is -2.47. The molecule has 8 heteroatoms. The van der Waals surface area contributed by atoms with Gasteiger partial charge in [-0.3, -0.25) is 4.79 Å². The zero-order chi connectivity index (χ0) is 26.5. The minimum absolute atomic E-state index is 0.155. The topological polar surface area (TPSA) is 104 Å². The summed E-state index contributed by atoms with van der Waals surface area (Å²) >= 11 is 0. The largest absolute Gasteiger partial charge is 0.480 e. The molecule has 1 aliphatic heterocycles. The third-order valence-corrected chi connectivity index (χ3v) is 6.95. The van der Waals surface area contributed by atoms with Crippen molar-refractivity contribution >= 4 is 17.7 Å². The smallest absolute Gasteiger partial charge is 0.326 e. The Morgan fingerprint density at radius 3 is 2.56 bits per heavy atom. The highest BCUT2D eigenvalue weighted by Crippen LogP contribution is 2.22. The summed E-state index contributed by atoms with van der Waals surface area (Å²) in [5, 5.41) is 16.0. The van der Waals surface area contributed by atoms with Crippen molar-refractivity contribution in [3.05, 3.63) is 23.4 Å². The fourth-order valence-electron chi connectivity index (χ4n) is 5.04. The molecular formula is C28H48N4O4. The first kappa shape index (κ1) is 30.0. The minimum atomic E-state index is -0.980. The Bertz CT molecular complexity index is 807. The second-order valence-corrected chi connectivity index (χ2v) is 10.5. The van der Waals surface area contributed by atoms with Gasteiger partial charge in [0, 0.05) is 37.9 Å². The molecule has 0 saturated carbocycles. The molecule has 2 rings (SSSR count).